The van der Waals surface area contributed by atoms with Crippen LogP contribution in [0.15, 0.2) is 30.7 Å². The van der Waals surface area contributed by atoms with Gasteiger partial charge in [-0.05, 0) is 18.6 Å². The third-order valence-electron chi connectivity index (χ3n) is 2.89. The summed E-state index contributed by atoms with van der Waals surface area (Å²) in [6.07, 6.45) is 2.82. The summed E-state index contributed by atoms with van der Waals surface area (Å²) in [6.45, 7) is 2.72. The zero-order valence-corrected chi connectivity index (χ0v) is 11.3. The van der Waals surface area contributed by atoms with Gasteiger partial charge in [0, 0.05) is 25.4 Å². The number of anilines is 1. The maximum Gasteiger partial charge on any atom is 0.356 e. The van der Waals surface area contributed by atoms with Crippen LogP contribution in [-0.2, 0) is 6.54 Å². The van der Waals surface area contributed by atoms with Gasteiger partial charge in [-0.15, -0.1) is 0 Å². The highest BCUT2D eigenvalue weighted by molar-refractivity contribution is 5.84. The van der Waals surface area contributed by atoms with E-state index in [4.69, 9.17) is 5.11 Å². The quantitative estimate of drug-likeness (QED) is 0.621. The molecule has 0 aliphatic heterocycles. The van der Waals surface area contributed by atoms with Crippen molar-refractivity contribution in [2.75, 3.05) is 11.9 Å². The summed E-state index contributed by atoms with van der Waals surface area (Å²) >= 11 is 0. The molecule has 0 atom stereocenters. The summed E-state index contributed by atoms with van der Waals surface area (Å²) in [5.74, 6) is -1.09. The Balaban J connectivity index is 2.01. The van der Waals surface area contributed by atoms with E-state index in [1.807, 2.05) is 6.92 Å². The van der Waals surface area contributed by atoms with E-state index in [1.54, 1.807) is 16.7 Å². The Morgan fingerprint density at radius 2 is 2.29 bits per heavy atom. The van der Waals surface area contributed by atoms with Gasteiger partial charge in [0.2, 0.25) is 0 Å². The Kier molecular flexibility index (Phi) is 4.17. The monoisotopic (exact) mass is 290 g/mol. The average molecular weight is 290 g/mol. The Morgan fingerprint density at radius 1 is 1.52 bits per heavy atom. The topological polar surface area (TPSA) is 110 Å². The number of imidazole rings is 1. The number of hydrogen-bond acceptors (Lipinski definition) is 5. The molecule has 8 nitrogen and oxygen atoms in total. The second kappa shape index (κ2) is 6.04. The van der Waals surface area contributed by atoms with Crippen LogP contribution < -0.4 is 5.32 Å². The molecule has 110 valence electrons. The molecule has 0 radical (unpaired) electrons. The highest BCUT2D eigenvalue weighted by Gasteiger charge is 2.13. The lowest BCUT2D eigenvalue weighted by atomic mass is 10.2. The van der Waals surface area contributed by atoms with Crippen LogP contribution in [0.1, 0.15) is 16.1 Å². The molecule has 2 rings (SSSR count). The fourth-order valence-corrected chi connectivity index (χ4v) is 1.86. The van der Waals surface area contributed by atoms with Crippen molar-refractivity contribution in [3.63, 3.8) is 0 Å². The highest BCUT2D eigenvalue weighted by Crippen LogP contribution is 2.24. The minimum absolute atomic E-state index is 0.0115. The van der Waals surface area contributed by atoms with E-state index in [0.717, 1.165) is 5.56 Å². The van der Waals surface area contributed by atoms with Crippen LogP contribution >= 0.6 is 0 Å². The van der Waals surface area contributed by atoms with Gasteiger partial charge in [0.15, 0.2) is 5.69 Å². The molecule has 1 aromatic carbocycles. The number of nitrogens with zero attached hydrogens (tertiary/aromatic N) is 3. The van der Waals surface area contributed by atoms with Crippen LogP contribution in [0.5, 0.6) is 0 Å². The number of nitrogens with one attached hydrogen (secondary N) is 1. The normalized spacial score (nSPS) is 10.3. The second-order valence-corrected chi connectivity index (χ2v) is 4.51. The first-order valence-electron chi connectivity index (χ1n) is 6.21. The number of carbonyl (C=O) groups is 1. The highest BCUT2D eigenvalue weighted by atomic mass is 16.6. The standard InChI is InChI=1S/C13H14N4O4/c1-9-2-3-12(17(20)21)10(6-9)14-4-5-16-7-11(13(18)19)15-8-16/h2-3,6-8,14H,4-5H2,1H3,(H,18,19). The molecule has 8 heteroatoms. The first-order valence-corrected chi connectivity index (χ1v) is 6.21. The number of aryl methyl sites for hydroxylation is 1. The van der Waals surface area contributed by atoms with E-state index in [2.05, 4.69) is 10.3 Å². The van der Waals surface area contributed by atoms with E-state index >= 15 is 0 Å². The fourth-order valence-electron chi connectivity index (χ4n) is 1.86. The van der Waals surface area contributed by atoms with E-state index < -0.39 is 10.9 Å². The van der Waals surface area contributed by atoms with Gasteiger partial charge in [-0.1, -0.05) is 6.07 Å². The van der Waals surface area contributed by atoms with Crippen molar-refractivity contribution in [3.05, 3.63) is 52.1 Å². The molecule has 0 saturated carbocycles. The number of rotatable bonds is 6. The molecule has 2 N–H and O–H groups in total. The van der Waals surface area contributed by atoms with Crippen LogP contribution in [-0.4, -0.2) is 32.1 Å². The summed E-state index contributed by atoms with van der Waals surface area (Å²) in [6, 6.07) is 4.84. The fraction of sp³-hybridized carbons (Fsp3) is 0.231. The van der Waals surface area contributed by atoms with Gasteiger partial charge < -0.3 is 15.0 Å². The predicted molar refractivity (Wildman–Crippen MR) is 75.5 cm³/mol. The van der Waals surface area contributed by atoms with Crippen LogP contribution in [0.4, 0.5) is 11.4 Å². The van der Waals surface area contributed by atoms with Crippen LogP contribution in [0.2, 0.25) is 0 Å². The van der Waals surface area contributed by atoms with Crippen molar-refractivity contribution < 1.29 is 14.8 Å². The molecule has 0 aliphatic rings. The minimum Gasteiger partial charge on any atom is -0.476 e. The van der Waals surface area contributed by atoms with Crippen LogP contribution in [0.25, 0.3) is 0 Å². The number of hydrogen-bond donors (Lipinski definition) is 2. The van der Waals surface area contributed by atoms with E-state index in [0.29, 0.717) is 18.8 Å². The number of nitro groups is 1. The minimum atomic E-state index is -1.09. The third-order valence-corrected chi connectivity index (χ3v) is 2.89. The first-order chi connectivity index (χ1) is 9.97. The molecule has 2 aromatic rings. The molecule has 0 bridgehead atoms. The number of aromatic carboxylic acids is 1. The van der Waals surface area contributed by atoms with Crippen molar-refractivity contribution in [3.8, 4) is 0 Å². The number of carboxylic acids is 1. The molecule has 0 unspecified atom stereocenters. The first kappa shape index (κ1) is 14.5. The summed E-state index contributed by atoms with van der Waals surface area (Å²) in [5.41, 5.74) is 1.34. The smallest absolute Gasteiger partial charge is 0.356 e. The summed E-state index contributed by atoms with van der Waals surface area (Å²) in [5, 5.41) is 22.7. The average Bonchev–Trinajstić information content (AvgIpc) is 2.87. The molecule has 1 heterocycles. The largest absolute Gasteiger partial charge is 0.476 e. The zero-order valence-electron chi connectivity index (χ0n) is 11.3. The maximum atomic E-state index is 10.9. The molecule has 21 heavy (non-hydrogen) atoms. The molecular weight excluding hydrogens is 276 g/mol. The van der Waals surface area contributed by atoms with E-state index in [-0.39, 0.29) is 11.4 Å². The summed E-state index contributed by atoms with van der Waals surface area (Å²) < 4.78 is 1.61. The lowest BCUT2D eigenvalue weighted by Gasteiger charge is -2.08. The Hall–Kier alpha value is -2.90. The number of carboxylic acid groups (broad SMARTS) is 1. The molecular formula is C13H14N4O4. The molecule has 1 aromatic heterocycles. The van der Waals surface area contributed by atoms with E-state index in [9.17, 15) is 14.9 Å². The second-order valence-electron chi connectivity index (χ2n) is 4.51. The van der Waals surface area contributed by atoms with Gasteiger partial charge >= 0.3 is 5.97 Å². The Morgan fingerprint density at radius 3 is 2.90 bits per heavy atom. The van der Waals surface area contributed by atoms with Gasteiger partial charge in [-0.2, -0.15) is 0 Å². The molecule has 0 aliphatic carbocycles. The van der Waals surface area contributed by atoms with E-state index in [1.165, 1.54) is 18.6 Å². The van der Waals surface area contributed by atoms with Crippen molar-refractivity contribution in [2.45, 2.75) is 13.5 Å². The van der Waals surface area contributed by atoms with Crippen molar-refractivity contribution in [2.24, 2.45) is 0 Å². The van der Waals surface area contributed by atoms with Gasteiger partial charge in [-0.25, -0.2) is 9.78 Å². The van der Waals surface area contributed by atoms with Crippen molar-refractivity contribution in [1.29, 1.82) is 0 Å². The lowest BCUT2D eigenvalue weighted by molar-refractivity contribution is -0.384. The summed E-state index contributed by atoms with van der Waals surface area (Å²) in [7, 11) is 0. The van der Waals surface area contributed by atoms with Gasteiger partial charge in [0.25, 0.3) is 5.69 Å². The van der Waals surface area contributed by atoms with Crippen molar-refractivity contribution in [1.82, 2.24) is 9.55 Å². The maximum absolute atomic E-state index is 10.9. The molecule has 0 spiro atoms. The van der Waals surface area contributed by atoms with Crippen molar-refractivity contribution >= 4 is 17.3 Å². The Labute approximate surface area is 120 Å². The zero-order chi connectivity index (χ0) is 15.4. The summed E-state index contributed by atoms with van der Waals surface area (Å²) in [4.78, 5) is 24.9. The SMILES string of the molecule is Cc1ccc([N+](=O)[O-])c(NCCn2cnc(C(=O)O)c2)c1. The molecule has 0 fully saturated rings. The number of nitro benzene ring substituents is 1. The predicted octanol–water partition coefficient (Wildman–Crippen LogP) is 1.91. The van der Waals surface area contributed by atoms with Crippen LogP contribution in [0, 0.1) is 17.0 Å². The molecule has 0 saturated heterocycles. The van der Waals surface area contributed by atoms with Gasteiger partial charge in [0.05, 0.1) is 11.3 Å². The molecule has 0 amide bonds. The lowest BCUT2D eigenvalue weighted by Crippen LogP contribution is -2.10. The number of benzene rings is 1. The van der Waals surface area contributed by atoms with Crippen LogP contribution in [0.3, 0.4) is 0 Å². The van der Waals surface area contributed by atoms with Gasteiger partial charge in [0.1, 0.15) is 5.69 Å². The third kappa shape index (κ3) is 3.56. The number of aromatic nitrogens is 2. The van der Waals surface area contributed by atoms with Gasteiger partial charge in [-0.3, -0.25) is 10.1 Å². The Bertz CT molecular complexity index is 681.